The highest BCUT2D eigenvalue weighted by atomic mass is 16.5. The van der Waals surface area contributed by atoms with E-state index in [2.05, 4.69) is 5.32 Å². The van der Waals surface area contributed by atoms with Crippen molar-refractivity contribution in [2.75, 3.05) is 32.5 Å². The van der Waals surface area contributed by atoms with Gasteiger partial charge in [-0.2, -0.15) is 0 Å². The molecule has 3 rings (SSSR count). The summed E-state index contributed by atoms with van der Waals surface area (Å²) >= 11 is 0. The lowest BCUT2D eigenvalue weighted by molar-refractivity contribution is -0.140. The second kappa shape index (κ2) is 6.32. The van der Waals surface area contributed by atoms with Crippen LogP contribution in [0.5, 0.6) is 0 Å². The second-order valence-electron chi connectivity index (χ2n) is 5.21. The maximum absolute atomic E-state index is 12.3. The number of carbonyl (C=O) groups excluding carboxylic acids is 3. The van der Waals surface area contributed by atoms with Crippen LogP contribution < -0.4 is 10.2 Å². The summed E-state index contributed by atoms with van der Waals surface area (Å²) in [4.78, 5) is 37.9. The van der Waals surface area contributed by atoms with E-state index < -0.39 is 11.9 Å². The van der Waals surface area contributed by atoms with Crippen molar-refractivity contribution in [3.05, 3.63) is 40.6 Å². The van der Waals surface area contributed by atoms with Crippen LogP contribution in [0.2, 0.25) is 0 Å². The molecule has 1 N–H and O–H groups in total. The van der Waals surface area contributed by atoms with E-state index in [1.54, 1.807) is 12.1 Å². The van der Waals surface area contributed by atoms with Crippen LogP contribution in [0.3, 0.4) is 0 Å². The van der Waals surface area contributed by atoms with Crippen LogP contribution in [0.4, 0.5) is 5.69 Å². The maximum Gasteiger partial charge on any atom is 0.355 e. The Kier molecular flexibility index (Phi) is 4.22. The van der Waals surface area contributed by atoms with Crippen molar-refractivity contribution in [1.82, 2.24) is 5.32 Å². The molecular weight excluding hydrogens is 316 g/mol. The molecule has 0 radical (unpaired) electrons. The molecule has 8 nitrogen and oxygen atoms in total. The normalized spacial score (nSPS) is 16.6. The number of benzene rings is 1. The molecule has 2 heterocycles. The predicted molar refractivity (Wildman–Crippen MR) is 82.0 cm³/mol. The van der Waals surface area contributed by atoms with Crippen LogP contribution in [0.25, 0.3) is 0 Å². The van der Waals surface area contributed by atoms with Crippen molar-refractivity contribution in [2.45, 2.75) is 6.54 Å². The Bertz CT molecular complexity index is 755. The van der Waals surface area contributed by atoms with Gasteiger partial charge in [0.2, 0.25) is 0 Å². The summed E-state index contributed by atoms with van der Waals surface area (Å²) in [5.41, 5.74) is 1.81. The molecule has 0 fully saturated rings. The fraction of sp³-hybridized carbons (Fsp3) is 0.312. The molecule has 1 aromatic rings. The van der Waals surface area contributed by atoms with Gasteiger partial charge in [-0.3, -0.25) is 4.79 Å². The third-order valence-electron chi connectivity index (χ3n) is 3.92. The number of fused-ring (bicyclic) bond motifs is 1. The summed E-state index contributed by atoms with van der Waals surface area (Å²) in [6, 6.07) is 5.29. The number of nitrogens with zero attached hydrogens (tertiary/aromatic N) is 1. The van der Waals surface area contributed by atoms with E-state index in [1.165, 1.54) is 19.1 Å². The SMILES string of the molecule is COC(=O)C1=C(C(=O)OC)N(c2cccc3c2C(=O)NC3)COC1. The zero-order valence-electron chi connectivity index (χ0n) is 13.3. The van der Waals surface area contributed by atoms with Gasteiger partial charge in [0.25, 0.3) is 5.91 Å². The lowest BCUT2D eigenvalue weighted by Crippen LogP contribution is -2.39. The van der Waals surface area contributed by atoms with Crippen molar-refractivity contribution in [3.63, 3.8) is 0 Å². The van der Waals surface area contributed by atoms with Crippen LogP contribution in [-0.2, 0) is 30.3 Å². The van der Waals surface area contributed by atoms with Gasteiger partial charge in [0.1, 0.15) is 12.4 Å². The first-order valence-corrected chi connectivity index (χ1v) is 7.23. The standard InChI is InChI=1S/C16H16N2O6/c1-22-15(20)10-7-24-8-18(13(10)16(21)23-2)11-5-3-4-9-6-17-14(19)12(9)11/h3-5H,6-8H2,1-2H3,(H,17,19). The summed E-state index contributed by atoms with van der Waals surface area (Å²) in [6.07, 6.45) is 0. The van der Waals surface area contributed by atoms with Crippen molar-refractivity contribution in [3.8, 4) is 0 Å². The average molecular weight is 332 g/mol. The molecule has 0 saturated carbocycles. The lowest BCUT2D eigenvalue weighted by atomic mass is 10.0. The number of carbonyl (C=O) groups is 3. The van der Waals surface area contributed by atoms with E-state index in [0.717, 1.165) is 5.56 Å². The quantitative estimate of drug-likeness (QED) is 0.797. The molecule has 2 aliphatic rings. The maximum atomic E-state index is 12.3. The molecule has 2 aliphatic heterocycles. The van der Waals surface area contributed by atoms with Crippen molar-refractivity contribution < 1.29 is 28.6 Å². The molecular formula is C16H16N2O6. The Balaban J connectivity index is 2.17. The highest BCUT2D eigenvalue weighted by Crippen LogP contribution is 2.33. The van der Waals surface area contributed by atoms with Crippen molar-refractivity contribution in [2.24, 2.45) is 0 Å². The zero-order chi connectivity index (χ0) is 17.3. The number of rotatable bonds is 3. The monoisotopic (exact) mass is 332 g/mol. The van der Waals surface area contributed by atoms with Gasteiger partial charge in [0.15, 0.2) is 0 Å². The third kappa shape index (κ3) is 2.50. The number of hydrogen-bond donors (Lipinski definition) is 1. The highest BCUT2D eigenvalue weighted by molar-refractivity contribution is 6.07. The first-order chi connectivity index (χ1) is 11.6. The fourth-order valence-corrected chi connectivity index (χ4v) is 2.82. The van der Waals surface area contributed by atoms with Gasteiger partial charge in [0.05, 0.1) is 37.7 Å². The smallest absolute Gasteiger partial charge is 0.355 e. The molecule has 1 aromatic carbocycles. The summed E-state index contributed by atoms with van der Waals surface area (Å²) in [5.74, 6) is -1.62. The summed E-state index contributed by atoms with van der Waals surface area (Å²) < 4.78 is 15.0. The van der Waals surface area contributed by atoms with Crippen LogP contribution >= 0.6 is 0 Å². The topological polar surface area (TPSA) is 94.2 Å². The van der Waals surface area contributed by atoms with Gasteiger partial charge in [0, 0.05) is 6.54 Å². The molecule has 0 unspecified atom stereocenters. The summed E-state index contributed by atoms with van der Waals surface area (Å²) in [6.45, 7) is 0.349. The van der Waals surface area contributed by atoms with Gasteiger partial charge >= 0.3 is 11.9 Å². The Morgan fingerprint density at radius 1 is 1.21 bits per heavy atom. The molecule has 1 amide bonds. The molecule has 0 saturated heterocycles. The Morgan fingerprint density at radius 2 is 1.96 bits per heavy atom. The van der Waals surface area contributed by atoms with E-state index in [9.17, 15) is 14.4 Å². The van der Waals surface area contributed by atoms with Gasteiger partial charge in [-0.15, -0.1) is 0 Å². The molecule has 0 spiro atoms. The first kappa shape index (κ1) is 16.0. The van der Waals surface area contributed by atoms with Crippen molar-refractivity contribution in [1.29, 1.82) is 0 Å². The average Bonchev–Trinajstić information content (AvgIpc) is 3.01. The first-order valence-electron chi connectivity index (χ1n) is 7.23. The van der Waals surface area contributed by atoms with Crippen LogP contribution in [0.1, 0.15) is 15.9 Å². The lowest BCUT2D eigenvalue weighted by Gasteiger charge is -2.32. The van der Waals surface area contributed by atoms with E-state index in [-0.39, 0.29) is 30.5 Å². The number of ether oxygens (including phenoxy) is 3. The Hall–Kier alpha value is -2.87. The van der Waals surface area contributed by atoms with E-state index >= 15 is 0 Å². The molecule has 0 aromatic heterocycles. The Labute approximate surface area is 138 Å². The summed E-state index contributed by atoms with van der Waals surface area (Å²) in [7, 11) is 2.44. The Morgan fingerprint density at radius 3 is 2.67 bits per heavy atom. The predicted octanol–water partition coefficient (Wildman–Crippen LogP) is 0.324. The molecule has 0 atom stereocenters. The van der Waals surface area contributed by atoms with Gasteiger partial charge in [-0.1, -0.05) is 12.1 Å². The van der Waals surface area contributed by atoms with E-state index in [4.69, 9.17) is 14.2 Å². The van der Waals surface area contributed by atoms with E-state index in [1.807, 2.05) is 6.07 Å². The van der Waals surface area contributed by atoms with Crippen molar-refractivity contribution >= 4 is 23.5 Å². The number of esters is 2. The number of hydrogen-bond acceptors (Lipinski definition) is 7. The minimum Gasteiger partial charge on any atom is -0.466 e. The highest BCUT2D eigenvalue weighted by Gasteiger charge is 2.35. The minimum absolute atomic E-state index is 0.00859. The van der Waals surface area contributed by atoms with Gasteiger partial charge < -0.3 is 24.4 Å². The molecule has 24 heavy (non-hydrogen) atoms. The number of amides is 1. The summed E-state index contributed by atoms with van der Waals surface area (Å²) in [5, 5.41) is 2.74. The zero-order valence-corrected chi connectivity index (χ0v) is 13.3. The van der Waals surface area contributed by atoms with Crippen LogP contribution in [-0.4, -0.2) is 45.4 Å². The third-order valence-corrected chi connectivity index (χ3v) is 3.92. The number of anilines is 1. The molecule has 0 aliphatic carbocycles. The van der Waals surface area contributed by atoms with Gasteiger partial charge in [-0.25, -0.2) is 9.59 Å². The number of nitrogens with one attached hydrogen (secondary N) is 1. The second-order valence-corrected chi connectivity index (χ2v) is 5.21. The largest absolute Gasteiger partial charge is 0.466 e. The molecule has 0 bridgehead atoms. The van der Waals surface area contributed by atoms with Crippen LogP contribution in [0.15, 0.2) is 29.5 Å². The number of methoxy groups -OCH3 is 2. The van der Waals surface area contributed by atoms with Gasteiger partial charge in [-0.05, 0) is 11.6 Å². The van der Waals surface area contributed by atoms with Crippen LogP contribution in [0, 0.1) is 0 Å². The molecule has 126 valence electrons. The molecule has 8 heteroatoms. The fourth-order valence-electron chi connectivity index (χ4n) is 2.82. The minimum atomic E-state index is -0.699. The van der Waals surface area contributed by atoms with E-state index in [0.29, 0.717) is 17.8 Å².